The van der Waals surface area contributed by atoms with E-state index in [1.54, 1.807) is 12.1 Å². The molecule has 2 aromatic rings. The highest BCUT2D eigenvalue weighted by Crippen LogP contribution is 2.31. The van der Waals surface area contributed by atoms with Crippen molar-refractivity contribution in [1.29, 1.82) is 0 Å². The van der Waals surface area contributed by atoms with Crippen LogP contribution in [0, 0.1) is 0 Å². The molecule has 1 saturated heterocycles. The summed E-state index contributed by atoms with van der Waals surface area (Å²) in [4.78, 5) is 19.9. The van der Waals surface area contributed by atoms with E-state index < -0.39 is 5.92 Å². The molecule has 0 radical (unpaired) electrons. The Balaban J connectivity index is 1.66. The minimum absolute atomic E-state index is 0.00514. The van der Waals surface area contributed by atoms with E-state index in [4.69, 9.17) is 0 Å². The molecule has 0 saturated carbocycles. The third-order valence-corrected chi connectivity index (χ3v) is 5.67. The zero-order chi connectivity index (χ0) is 19.3. The Morgan fingerprint density at radius 3 is 2.52 bits per heavy atom. The number of benzene rings is 1. The number of rotatable bonds is 5. The quantitative estimate of drug-likeness (QED) is 0.632. The summed E-state index contributed by atoms with van der Waals surface area (Å²) in [6, 6.07) is 11.8. The van der Waals surface area contributed by atoms with Crippen LogP contribution in [0.1, 0.15) is 54.4 Å². The summed E-state index contributed by atoms with van der Waals surface area (Å²) in [6.45, 7) is 2.48. The van der Waals surface area contributed by atoms with Gasteiger partial charge in [0.05, 0.1) is 5.69 Å². The van der Waals surface area contributed by atoms with E-state index >= 15 is 0 Å². The number of carbonyl (C=O) groups is 1. The van der Waals surface area contributed by atoms with Crippen molar-refractivity contribution in [2.24, 2.45) is 0 Å². The lowest BCUT2D eigenvalue weighted by molar-refractivity contribution is 0.0172. The zero-order valence-corrected chi connectivity index (χ0v) is 16.3. The number of amides is 1. The summed E-state index contributed by atoms with van der Waals surface area (Å²) in [5, 5.41) is 0. The Morgan fingerprint density at radius 1 is 1.11 bits per heavy atom. The van der Waals surface area contributed by atoms with Crippen molar-refractivity contribution >= 4 is 17.7 Å². The summed E-state index contributed by atoms with van der Waals surface area (Å²) in [5.41, 5.74) is 1.24. The second kappa shape index (κ2) is 8.83. The molecule has 0 bridgehead atoms. The summed E-state index contributed by atoms with van der Waals surface area (Å²) in [7, 11) is 0. The average molecular weight is 390 g/mol. The van der Waals surface area contributed by atoms with E-state index in [1.807, 2.05) is 23.1 Å². The number of thioether (sulfide) groups is 1. The van der Waals surface area contributed by atoms with Gasteiger partial charge in [-0.25, -0.2) is 13.8 Å². The molecule has 0 atom stereocenters. The lowest BCUT2D eigenvalue weighted by atomic mass is 10.1. The maximum Gasteiger partial charge on any atom is 0.272 e. The molecule has 1 aliphatic heterocycles. The molecule has 1 amide bonds. The van der Waals surface area contributed by atoms with Crippen LogP contribution in [-0.4, -0.2) is 28.9 Å². The second-order valence-corrected chi connectivity index (χ2v) is 7.97. The van der Waals surface area contributed by atoms with Gasteiger partial charge >= 0.3 is 0 Å². The third kappa shape index (κ3) is 5.51. The molecule has 1 aromatic carbocycles. The molecule has 0 unspecified atom stereocenters. The van der Waals surface area contributed by atoms with Gasteiger partial charge in [-0.05, 0) is 37.1 Å². The van der Waals surface area contributed by atoms with Crippen LogP contribution in [0.2, 0.25) is 0 Å². The average Bonchev–Trinajstić information content (AvgIpc) is 2.95. The maximum atomic E-state index is 13.5. The molecule has 144 valence electrons. The van der Waals surface area contributed by atoms with Crippen LogP contribution in [0.4, 0.5) is 8.78 Å². The Bertz CT molecular complexity index is 784. The predicted octanol–water partition coefficient (Wildman–Crippen LogP) is 5.50. The zero-order valence-electron chi connectivity index (χ0n) is 15.5. The molecule has 0 N–H and O–H groups in total. The number of hydrogen-bond acceptors (Lipinski definition) is 3. The highest BCUT2D eigenvalue weighted by Gasteiger charge is 2.24. The van der Waals surface area contributed by atoms with Gasteiger partial charge in [0.1, 0.15) is 5.69 Å². The molecule has 2 heterocycles. The van der Waals surface area contributed by atoms with Gasteiger partial charge in [-0.3, -0.25) is 4.79 Å². The highest BCUT2D eigenvalue weighted by molar-refractivity contribution is 7.98. The fourth-order valence-electron chi connectivity index (χ4n) is 3.13. The maximum absolute atomic E-state index is 13.5. The summed E-state index contributed by atoms with van der Waals surface area (Å²) < 4.78 is 27.0. The van der Waals surface area contributed by atoms with Gasteiger partial charge in [-0.15, -0.1) is 11.8 Å². The highest BCUT2D eigenvalue weighted by atomic mass is 32.2. The number of nitrogens with zero attached hydrogens (tertiary/aromatic N) is 2. The molecule has 3 nitrogen and oxygen atoms in total. The van der Waals surface area contributed by atoms with Crippen LogP contribution >= 0.6 is 11.8 Å². The van der Waals surface area contributed by atoms with E-state index in [1.165, 1.54) is 36.7 Å². The van der Waals surface area contributed by atoms with Crippen LogP contribution in [-0.2, 0) is 11.7 Å². The van der Waals surface area contributed by atoms with Gasteiger partial charge in [-0.2, -0.15) is 0 Å². The smallest absolute Gasteiger partial charge is 0.272 e. The Morgan fingerprint density at radius 2 is 1.81 bits per heavy atom. The van der Waals surface area contributed by atoms with E-state index in [9.17, 15) is 13.6 Å². The minimum atomic E-state index is -2.85. The number of halogens is 2. The molecular weight excluding hydrogens is 366 g/mol. The number of likely N-dealkylation sites (tertiary alicyclic amines) is 1. The summed E-state index contributed by atoms with van der Waals surface area (Å²) in [5.74, 6) is -2.34. The molecule has 1 fully saturated rings. The molecule has 6 heteroatoms. The predicted molar refractivity (Wildman–Crippen MR) is 104 cm³/mol. The fraction of sp³-hybridized carbons (Fsp3) is 0.429. The first-order valence-electron chi connectivity index (χ1n) is 9.30. The van der Waals surface area contributed by atoms with E-state index in [0.717, 1.165) is 43.4 Å². The van der Waals surface area contributed by atoms with Gasteiger partial charge < -0.3 is 4.90 Å². The number of pyridine rings is 1. The van der Waals surface area contributed by atoms with Crippen molar-refractivity contribution in [1.82, 2.24) is 9.88 Å². The first-order valence-corrected chi connectivity index (χ1v) is 10.3. The molecule has 3 rings (SSSR count). The van der Waals surface area contributed by atoms with E-state index in [2.05, 4.69) is 4.98 Å². The summed E-state index contributed by atoms with van der Waals surface area (Å²) >= 11 is 1.44. The van der Waals surface area contributed by atoms with Gasteiger partial charge in [0.15, 0.2) is 0 Å². The molecule has 27 heavy (non-hydrogen) atoms. The van der Waals surface area contributed by atoms with Crippen LogP contribution in [0.15, 0.2) is 47.4 Å². The number of hydrogen-bond donors (Lipinski definition) is 0. The number of aromatic nitrogens is 1. The Hall–Kier alpha value is -1.95. The fourth-order valence-corrected chi connectivity index (χ4v) is 3.99. The van der Waals surface area contributed by atoms with E-state index in [-0.39, 0.29) is 11.5 Å². The Labute approximate surface area is 163 Å². The lowest BCUT2D eigenvalue weighted by Gasteiger charge is -2.20. The Kier molecular flexibility index (Phi) is 6.47. The van der Waals surface area contributed by atoms with Crippen molar-refractivity contribution in [2.75, 3.05) is 13.1 Å². The molecule has 1 aromatic heterocycles. The summed E-state index contributed by atoms with van der Waals surface area (Å²) in [6.07, 6.45) is 4.42. The van der Waals surface area contributed by atoms with Gasteiger partial charge in [0.2, 0.25) is 0 Å². The SMILES string of the molecule is CC(F)(F)c1cccc(SCc2cccc(C(=O)N3CCCCCC3)n2)c1. The van der Waals surface area contributed by atoms with Crippen molar-refractivity contribution in [3.8, 4) is 0 Å². The topological polar surface area (TPSA) is 33.2 Å². The van der Waals surface area contributed by atoms with Crippen molar-refractivity contribution in [2.45, 2.75) is 49.2 Å². The monoisotopic (exact) mass is 390 g/mol. The van der Waals surface area contributed by atoms with Crippen LogP contribution in [0.5, 0.6) is 0 Å². The molecule has 0 spiro atoms. The van der Waals surface area contributed by atoms with Gasteiger partial charge in [0.25, 0.3) is 11.8 Å². The van der Waals surface area contributed by atoms with Crippen LogP contribution < -0.4 is 0 Å². The van der Waals surface area contributed by atoms with Gasteiger partial charge in [-0.1, -0.05) is 31.0 Å². The lowest BCUT2D eigenvalue weighted by Crippen LogP contribution is -2.32. The van der Waals surface area contributed by atoms with Crippen LogP contribution in [0.25, 0.3) is 0 Å². The molecule has 0 aliphatic carbocycles. The first kappa shape index (κ1) is 19.8. The largest absolute Gasteiger partial charge is 0.337 e. The van der Waals surface area contributed by atoms with Gasteiger partial charge in [0, 0.05) is 36.2 Å². The minimum Gasteiger partial charge on any atom is -0.337 e. The standard InChI is InChI=1S/C21H24F2N2OS/c1-21(22,23)16-8-6-10-18(14-16)27-15-17-9-7-11-19(24-17)20(26)25-12-4-2-3-5-13-25/h6-11,14H,2-5,12-13,15H2,1H3. The van der Waals surface area contributed by atoms with E-state index in [0.29, 0.717) is 11.4 Å². The first-order chi connectivity index (χ1) is 12.9. The van der Waals surface area contributed by atoms with Crippen molar-refractivity contribution in [3.05, 3.63) is 59.4 Å². The van der Waals surface area contributed by atoms with Crippen molar-refractivity contribution < 1.29 is 13.6 Å². The second-order valence-electron chi connectivity index (χ2n) is 6.93. The molecule has 1 aliphatic rings. The molecular formula is C21H24F2N2OS. The normalized spacial score (nSPS) is 15.4. The van der Waals surface area contributed by atoms with Crippen molar-refractivity contribution in [3.63, 3.8) is 0 Å². The number of carbonyl (C=O) groups excluding carboxylic acids is 1. The van der Waals surface area contributed by atoms with Crippen LogP contribution in [0.3, 0.4) is 0 Å². The number of alkyl halides is 2. The third-order valence-electron chi connectivity index (χ3n) is 4.65.